The third kappa shape index (κ3) is 2.82. The van der Waals surface area contributed by atoms with E-state index >= 15 is 0 Å². The minimum atomic E-state index is -0.111. The number of aromatic nitrogens is 2. The minimum Gasteiger partial charge on any atom is -0.383 e. The molecule has 2 heterocycles. The summed E-state index contributed by atoms with van der Waals surface area (Å²) < 4.78 is 5.03. The highest BCUT2D eigenvalue weighted by Crippen LogP contribution is 2.13. The van der Waals surface area contributed by atoms with Crippen LogP contribution >= 0.6 is 0 Å². The number of anilines is 1. The Morgan fingerprint density at radius 3 is 3.12 bits per heavy atom. The molecule has 0 saturated carbocycles. The van der Waals surface area contributed by atoms with Gasteiger partial charge in [0.05, 0.1) is 12.1 Å². The van der Waals surface area contributed by atoms with Crippen LogP contribution in [0.4, 0.5) is 5.82 Å². The number of nitrogens with one attached hydrogen (secondary N) is 2. The molecule has 0 aliphatic rings. The molecule has 0 aliphatic heterocycles. The number of pyridine rings is 2. The van der Waals surface area contributed by atoms with E-state index < -0.39 is 0 Å². The zero-order chi connectivity index (χ0) is 12.3. The quantitative estimate of drug-likeness (QED) is 0.837. The highest BCUT2D eigenvalue weighted by molar-refractivity contribution is 5.79. The van der Waals surface area contributed by atoms with Crippen LogP contribution in [0.15, 0.2) is 29.2 Å². The van der Waals surface area contributed by atoms with Crippen molar-refractivity contribution in [3.05, 3.63) is 34.7 Å². The first kappa shape index (κ1) is 11.6. The largest absolute Gasteiger partial charge is 0.383 e. The first-order valence-corrected chi connectivity index (χ1v) is 5.43. The fourth-order valence-corrected chi connectivity index (χ4v) is 1.67. The van der Waals surface area contributed by atoms with Crippen LogP contribution in [0.1, 0.15) is 6.92 Å². The van der Waals surface area contributed by atoms with E-state index in [1.54, 1.807) is 19.4 Å². The average Bonchev–Trinajstić information content (AvgIpc) is 2.28. The molecule has 0 fully saturated rings. The molecule has 0 bridgehead atoms. The molecule has 0 aliphatic carbocycles. The summed E-state index contributed by atoms with van der Waals surface area (Å²) in [6, 6.07) is 5.23. The van der Waals surface area contributed by atoms with E-state index in [0.717, 1.165) is 16.7 Å². The molecule has 17 heavy (non-hydrogen) atoms. The van der Waals surface area contributed by atoms with Crippen molar-refractivity contribution in [2.75, 3.05) is 19.0 Å². The van der Waals surface area contributed by atoms with E-state index in [0.29, 0.717) is 6.61 Å². The SMILES string of the molecule is COCC(C)Nc1cc2[nH]c(=O)ccc2cn1. The highest BCUT2D eigenvalue weighted by atomic mass is 16.5. The summed E-state index contributed by atoms with van der Waals surface area (Å²) in [5.41, 5.74) is 0.666. The van der Waals surface area contributed by atoms with E-state index in [1.165, 1.54) is 6.07 Å². The van der Waals surface area contributed by atoms with Crippen LogP contribution < -0.4 is 10.9 Å². The summed E-state index contributed by atoms with van der Waals surface area (Å²) in [4.78, 5) is 18.2. The van der Waals surface area contributed by atoms with Gasteiger partial charge in [0.25, 0.3) is 0 Å². The predicted octanol–water partition coefficient (Wildman–Crippen LogP) is 1.37. The standard InChI is InChI=1S/C12H15N3O2/c1-8(7-17-2)14-11-5-10-9(6-13-11)3-4-12(16)15-10/h3-6,8H,7H2,1-2H3,(H,13,14)(H,15,16). The van der Waals surface area contributed by atoms with Gasteiger partial charge in [-0.3, -0.25) is 4.79 Å². The van der Waals surface area contributed by atoms with Gasteiger partial charge in [0, 0.05) is 36.9 Å². The normalized spacial score (nSPS) is 12.6. The Bertz CT molecular complexity index is 565. The van der Waals surface area contributed by atoms with Gasteiger partial charge in [-0.2, -0.15) is 0 Å². The topological polar surface area (TPSA) is 67.0 Å². The number of aromatic amines is 1. The maximum Gasteiger partial charge on any atom is 0.248 e. The number of ether oxygens (including phenoxy) is 1. The van der Waals surface area contributed by atoms with Crippen LogP contribution in [0.3, 0.4) is 0 Å². The number of H-pyrrole nitrogens is 1. The molecule has 5 nitrogen and oxygen atoms in total. The van der Waals surface area contributed by atoms with Gasteiger partial charge in [0.1, 0.15) is 5.82 Å². The molecule has 0 aromatic carbocycles. The fraction of sp³-hybridized carbons (Fsp3) is 0.333. The van der Waals surface area contributed by atoms with E-state index in [2.05, 4.69) is 15.3 Å². The Morgan fingerprint density at radius 2 is 2.35 bits per heavy atom. The van der Waals surface area contributed by atoms with Gasteiger partial charge < -0.3 is 15.0 Å². The van der Waals surface area contributed by atoms with Crippen molar-refractivity contribution in [2.24, 2.45) is 0 Å². The lowest BCUT2D eigenvalue weighted by Gasteiger charge is -2.13. The summed E-state index contributed by atoms with van der Waals surface area (Å²) in [6.07, 6.45) is 1.73. The number of hydrogen-bond acceptors (Lipinski definition) is 4. The predicted molar refractivity (Wildman–Crippen MR) is 67.3 cm³/mol. The molecule has 2 rings (SSSR count). The monoisotopic (exact) mass is 233 g/mol. The zero-order valence-corrected chi connectivity index (χ0v) is 9.86. The van der Waals surface area contributed by atoms with Gasteiger partial charge in [-0.15, -0.1) is 0 Å². The zero-order valence-electron chi connectivity index (χ0n) is 9.86. The number of methoxy groups -OCH3 is 1. The average molecular weight is 233 g/mol. The molecule has 0 saturated heterocycles. The van der Waals surface area contributed by atoms with E-state index in [4.69, 9.17) is 4.74 Å². The summed E-state index contributed by atoms with van der Waals surface area (Å²) in [6.45, 7) is 2.61. The van der Waals surface area contributed by atoms with Gasteiger partial charge in [0.2, 0.25) is 5.56 Å². The molecule has 2 aromatic heterocycles. The van der Waals surface area contributed by atoms with E-state index in [1.807, 2.05) is 13.0 Å². The Kier molecular flexibility index (Phi) is 3.39. The lowest BCUT2D eigenvalue weighted by molar-refractivity contribution is 0.190. The second-order valence-corrected chi connectivity index (χ2v) is 3.98. The number of nitrogens with zero attached hydrogens (tertiary/aromatic N) is 1. The minimum absolute atomic E-state index is 0.111. The third-order valence-corrected chi connectivity index (χ3v) is 2.42. The van der Waals surface area contributed by atoms with Crippen LogP contribution in [-0.2, 0) is 4.74 Å². The van der Waals surface area contributed by atoms with Gasteiger partial charge in [-0.1, -0.05) is 0 Å². The van der Waals surface area contributed by atoms with Gasteiger partial charge in [-0.05, 0) is 13.0 Å². The van der Waals surface area contributed by atoms with Crippen molar-refractivity contribution in [2.45, 2.75) is 13.0 Å². The molecule has 0 spiro atoms. The van der Waals surface area contributed by atoms with Crippen molar-refractivity contribution >= 4 is 16.7 Å². The van der Waals surface area contributed by atoms with Gasteiger partial charge in [-0.25, -0.2) is 4.98 Å². The molecule has 90 valence electrons. The molecule has 0 amide bonds. The van der Waals surface area contributed by atoms with Crippen LogP contribution in [-0.4, -0.2) is 29.7 Å². The molecular formula is C12H15N3O2. The van der Waals surface area contributed by atoms with Crippen LogP contribution in [0.2, 0.25) is 0 Å². The lowest BCUT2D eigenvalue weighted by atomic mass is 10.2. The molecule has 2 N–H and O–H groups in total. The summed E-state index contributed by atoms with van der Waals surface area (Å²) >= 11 is 0. The number of hydrogen-bond donors (Lipinski definition) is 2. The Labute approximate surface area is 98.8 Å². The van der Waals surface area contributed by atoms with Crippen LogP contribution in [0.5, 0.6) is 0 Å². The van der Waals surface area contributed by atoms with E-state index in [-0.39, 0.29) is 11.6 Å². The second kappa shape index (κ2) is 4.97. The second-order valence-electron chi connectivity index (χ2n) is 3.98. The smallest absolute Gasteiger partial charge is 0.248 e. The van der Waals surface area contributed by atoms with Crippen molar-refractivity contribution in [3.63, 3.8) is 0 Å². The number of fused-ring (bicyclic) bond motifs is 1. The Hall–Kier alpha value is -1.88. The summed E-state index contributed by atoms with van der Waals surface area (Å²) in [5.74, 6) is 0.726. The first-order chi connectivity index (χ1) is 8.19. The van der Waals surface area contributed by atoms with Crippen molar-refractivity contribution < 1.29 is 4.74 Å². The molecule has 2 aromatic rings. The molecular weight excluding hydrogens is 218 g/mol. The maximum absolute atomic E-state index is 11.2. The Morgan fingerprint density at radius 1 is 1.53 bits per heavy atom. The molecule has 0 radical (unpaired) electrons. The number of rotatable bonds is 4. The summed E-state index contributed by atoms with van der Waals surface area (Å²) in [7, 11) is 1.66. The molecule has 5 heteroatoms. The Balaban J connectivity index is 2.27. The van der Waals surface area contributed by atoms with Crippen molar-refractivity contribution in [1.29, 1.82) is 0 Å². The summed E-state index contributed by atoms with van der Waals surface area (Å²) in [5, 5.41) is 4.11. The highest BCUT2D eigenvalue weighted by Gasteiger charge is 2.03. The van der Waals surface area contributed by atoms with Gasteiger partial charge in [0.15, 0.2) is 0 Å². The van der Waals surface area contributed by atoms with Gasteiger partial charge >= 0.3 is 0 Å². The van der Waals surface area contributed by atoms with Crippen LogP contribution in [0, 0.1) is 0 Å². The lowest BCUT2D eigenvalue weighted by Crippen LogP contribution is -2.21. The first-order valence-electron chi connectivity index (χ1n) is 5.43. The molecule has 1 unspecified atom stereocenters. The maximum atomic E-state index is 11.2. The fourth-order valence-electron chi connectivity index (χ4n) is 1.67. The third-order valence-electron chi connectivity index (χ3n) is 2.42. The van der Waals surface area contributed by atoms with E-state index in [9.17, 15) is 4.79 Å². The molecule has 1 atom stereocenters. The van der Waals surface area contributed by atoms with Crippen molar-refractivity contribution in [3.8, 4) is 0 Å². The van der Waals surface area contributed by atoms with Crippen LogP contribution in [0.25, 0.3) is 10.9 Å². The van der Waals surface area contributed by atoms with Crippen molar-refractivity contribution in [1.82, 2.24) is 9.97 Å².